The standard InChI is InChI=1S/C57H53Br2N/c1-3-5-7-15-37-57(38-16-8-6-4-2)53-22-14-13-17-47(53)48-36-25-41(39-54(48)57)56-51-20-11-9-18-49(51)55(50-19-10-12-21-52(50)56)40-23-30-44(31-24-40)60(45-32-26-42(58)27-33-45)46-34-28-43(59)29-35-46/h9-14,17-36,39H,3-8,15-16,37-38H2,1-2H3. The number of rotatable bonds is 15. The number of hydrogen-bond donors (Lipinski definition) is 0. The van der Waals surface area contributed by atoms with E-state index in [1.165, 1.54) is 119 Å². The monoisotopic (exact) mass is 909 g/mol. The van der Waals surface area contributed by atoms with Crippen LogP contribution in [-0.2, 0) is 5.41 Å². The Hall–Kier alpha value is -4.96. The lowest BCUT2D eigenvalue weighted by molar-refractivity contribution is 0.401. The third-order valence-corrected chi connectivity index (χ3v) is 14.0. The SMILES string of the molecule is CCCCCCC1(CCCCCC)c2ccccc2-c2ccc(-c3c4ccccc4c(-c4ccc(N(c5ccc(Br)cc5)c5ccc(Br)cc5)cc4)c4ccccc34)cc21. The van der Waals surface area contributed by atoms with Crippen molar-refractivity contribution in [1.29, 1.82) is 0 Å². The van der Waals surface area contributed by atoms with Crippen LogP contribution in [-0.4, -0.2) is 0 Å². The summed E-state index contributed by atoms with van der Waals surface area (Å²) in [7, 11) is 0. The summed E-state index contributed by atoms with van der Waals surface area (Å²) >= 11 is 7.28. The molecule has 0 heterocycles. The number of anilines is 3. The molecule has 9 rings (SSSR count). The van der Waals surface area contributed by atoms with Gasteiger partial charge in [0.15, 0.2) is 0 Å². The first-order valence-corrected chi connectivity index (χ1v) is 23.7. The molecule has 0 spiro atoms. The minimum Gasteiger partial charge on any atom is -0.311 e. The molecule has 300 valence electrons. The van der Waals surface area contributed by atoms with E-state index < -0.39 is 0 Å². The molecule has 0 saturated carbocycles. The fourth-order valence-corrected chi connectivity index (χ4v) is 10.7. The number of fused-ring (bicyclic) bond motifs is 5. The third-order valence-electron chi connectivity index (χ3n) is 13.0. The second-order valence-corrected chi connectivity index (χ2v) is 18.5. The molecule has 0 N–H and O–H groups in total. The maximum Gasteiger partial charge on any atom is 0.0462 e. The molecule has 0 radical (unpaired) electrons. The van der Waals surface area contributed by atoms with Gasteiger partial charge in [-0.05, 0) is 146 Å². The molecule has 0 unspecified atom stereocenters. The topological polar surface area (TPSA) is 3.24 Å². The molecule has 0 amide bonds. The van der Waals surface area contributed by atoms with E-state index >= 15 is 0 Å². The Labute approximate surface area is 373 Å². The van der Waals surface area contributed by atoms with E-state index in [1.807, 2.05) is 0 Å². The van der Waals surface area contributed by atoms with Gasteiger partial charge < -0.3 is 4.90 Å². The van der Waals surface area contributed by atoms with Gasteiger partial charge in [-0.3, -0.25) is 0 Å². The van der Waals surface area contributed by atoms with Gasteiger partial charge in [-0.2, -0.15) is 0 Å². The van der Waals surface area contributed by atoms with Gasteiger partial charge in [0.1, 0.15) is 0 Å². The minimum atomic E-state index is 0.0388. The van der Waals surface area contributed by atoms with Crippen LogP contribution in [0.15, 0.2) is 173 Å². The van der Waals surface area contributed by atoms with E-state index in [-0.39, 0.29) is 5.41 Å². The zero-order valence-corrected chi connectivity index (χ0v) is 38.0. The van der Waals surface area contributed by atoms with Crippen LogP contribution in [0.2, 0.25) is 0 Å². The maximum atomic E-state index is 3.64. The van der Waals surface area contributed by atoms with Crippen LogP contribution in [0.1, 0.15) is 89.2 Å². The number of halogens is 2. The number of unbranched alkanes of at least 4 members (excludes halogenated alkanes) is 6. The summed E-state index contributed by atoms with van der Waals surface area (Å²) in [5.74, 6) is 0. The number of benzene rings is 8. The number of nitrogens with zero attached hydrogens (tertiary/aromatic N) is 1. The lowest BCUT2D eigenvalue weighted by atomic mass is 9.70. The first-order chi connectivity index (χ1) is 29.5. The van der Waals surface area contributed by atoms with Crippen molar-refractivity contribution >= 4 is 70.5 Å². The maximum absolute atomic E-state index is 3.64. The van der Waals surface area contributed by atoms with Crippen LogP contribution in [0.4, 0.5) is 17.1 Å². The molecule has 1 aliphatic rings. The van der Waals surface area contributed by atoms with E-state index in [2.05, 4.69) is 214 Å². The van der Waals surface area contributed by atoms with Gasteiger partial charge in [-0.15, -0.1) is 0 Å². The highest BCUT2D eigenvalue weighted by Crippen LogP contribution is 2.56. The predicted molar refractivity (Wildman–Crippen MR) is 266 cm³/mol. The van der Waals surface area contributed by atoms with E-state index in [9.17, 15) is 0 Å². The zero-order chi connectivity index (χ0) is 41.1. The van der Waals surface area contributed by atoms with Crippen molar-refractivity contribution in [2.75, 3.05) is 4.90 Å². The molecule has 8 aromatic rings. The number of hydrogen-bond acceptors (Lipinski definition) is 1. The van der Waals surface area contributed by atoms with Gasteiger partial charge in [0.25, 0.3) is 0 Å². The van der Waals surface area contributed by atoms with Gasteiger partial charge in [0, 0.05) is 31.4 Å². The molecule has 3 heteroatoms. The third kappa shape index (κ3) is 7.65. The molecule has 0 aromatic heterocycles. The minimum absolute atomic E-state index is 0.0388. The van der Waals surface area contributed by atoms with Gasteiger partial charge in [-0.25, -0.2) is 0 Å². The normalized spacial score (nSPS) is 12.8. The summed E-state index contributed by atoms with van der Waals surface area (Å²) in [6.45, 7) is 4.65. The average Bonchev–Trinajstić information content (AvgIpc) is 3.56. The van der Waals surface area contributed by atoms with Crippen LogP contribution in [0.25, 0.3) is 54.9 Å². The molecule has 8 aromatic carbocycles. The van der Waals surface area contributed by atoms with E-state index in [0.717, 1.165) is 26.0 Å². The largest absolute Gasteiger partial charge is 0.311 e. The highest BCUT2D eigenvalue weighted by molar-refractivity contribution is 9.10. The van der Waals surface area contributed by atoms with Crippen LogP contribution in [0.3, 0.4) is 0 Å². The summed E-state index contributed by atoms with van der Waals surface area (Å²) in [6.07, 6.45) is 12.7. The Kier molecular flexibility index (Phi) is 12.1. The van der Waals surface area contributed by atoms with Gasteiger partial charge in [0.2, 0.25) is 0 Å². The summed E-state index contributed by atoms with van der Waals surface area (Å²) in [5, 5.41) is 5.17. The molecule has 1 aliphatic carbocycles. The molecule has 1 nitrogen and oxygen atoms in total. The van der Waals surface area contributed by atoms with E-state index in [0.29, 0.717) is 0 Å². The van der Waals surface area contributed by atoms with Crippen LogP contribution in [0, 0.1) is 0 Å². The Morgan fingerprint density at radius 3 is 1.32 bits per heavy atom. The first kappa shape index (κ1) is 40.4. The second-order valence-electron chi connectivity index (χ2n) is 16.7. The second kappa shape index (κ2) is 17.9. The van der Waals surface area contributed by atoms with Crippen LogP contribution < -0.4 is 4.90 Å². The predicted octanol–water partition coefficient (Wildman–Crippen LogP) is 18.5. The Balaban J connectivity index is 1.18. The molecule has 0 saturated heterocycles. The molecule has 0 aliphatic heterocycles. The molecule has 0 atom stereocenters. The molecule has 0 fully saturated rings. The Morgan fingerprint density at radius 1 is 0.400 bits per heavy atom. The van der Waals surface area contributed by atoms with Gasteiger partial charge in [-0.1, -0.05) is 194 Å². The average molecular weight is 912 g/mol. The van der Waals surface area contributed by atoms with Crippen molar-refractivity contribution in [1.82, 2.24) is 0 Å². The molecule has 0 bridgehead atoms. The van der Waals surface area contributed by atoms with Crippen LogP contribution >= 0.6 is 31.9 Å². The summed E-state index contributed by atoms with van der Waals surface area (Å²) in [6, 6.07) is 61.3. The van der Waals surface area contributed by atoms with Gasteiger partial charge in [0.05, 0.1) is 0 Å². The lowest BCUT2D eigenvalue weighted by Crippen LogP contribution is -2.25. The van der Waals surface area contributed by atoms with Crippen molar-refractivity contribution in [2.24, 2.45) is 0 Å². The van der Waals surface area contributed by atoms with Crippen molar-refractivity contribution < 1.29 is 0 Å². The molecular weight excluding hydrogens is 858 g/mol. The summed E-state index contributed by atoms with van der Waals surface area (Å²) in [4.78, 5) is 2.32. The summed E-state index contributed by atoms with van der Waals surface area (Å²) in [5.41, 5.74) is 14.5. The highest BCUT2D eigenvalue weighted by Gasteiger charge is 2.42. The fraction of sp³-hybridized carbons (Fsp3) is 0.228. The smallest absolute Gasteiger partial charge is 0.0462 e. The summed E-state index contributed by atoms with van der Waals surface area (Å²) < 4.78 is 2.13. The van der Waals surface area contributed by atoms with E-state index in [4.69, 9.17) is 0 Å². The quantitative estimate of drug-likeness (QED) is 0.0732. The molecular formula is C57H53Br2N. The Morgan fingerprint density at radius 2 is 0.817 bits per heavy atom. The van der Waals surface area contributed by atoms with Crippen molar-refractivity contribution in [3.63, 3.8) is 0 Å². The molecule has 60 heavy (non-hydrogen) atoms. The van der Waals surface area contributed by atoms with E-state index in [1.54, 1.807) is 11.1 Å². The van der Waals surface area contributed by atoms with Crippen molar-refractivity contribution in [3.8, 4) is 33.4 Å². The van der Waals surface area contributed by atoms with Crippen molar-refractivity contribution in [3.05, 3.63) is 184 Å². The van der Waals surface area contributed by atoms with Crippen molar-refractivity contribution in [2.45, 2.75) is 83.5 Å². The fourth-order valence-electron chi connectivity index (χ4n) is 10.1. The lowest BCUT2D eigenvalue weighted by Gasteiger charge is -2.33. The first-order valence-electron chi connectivity index (χ1n) is 22.1. The van der Waals surface area contributed by atoms with Crippen LogP contribution in [0.5, 0.6) is 0 Å². The van der Waals surface area contributed by atoms with Gasteiger partial charge >= 0.3 is 0 Å². The Bertz CT molecular complexity index is 2630. The zero-order valence-electron chi connectivity index (χ0n) is 34.9. The highest BCUT2D eigenvalue weighted by atomic mass is 79.9.